The van der Waals surface area contributed by atoms with Crippen molar-refractivity contribution in [3.63, 3.8) is 0 Å². The predicted octanol–water partition coefficient (Wildman–Crippen LogP) is 3.10. The number of aliphatic imine (C=N–C) groups is 1. The molecule has 1 unspecified atom stereocenters. The molecule has 4 nitrogen and oxygen atoms in total. The van der Waals surface area contributed by atoms with Gasteiger partial charge in [-0.2, -0.15) is 0 Å². The minimum absolute atomic E-state index is 0. The molecular weight excluding hydrogens is 365 g/mol. The van der Waals surface area contributed by atoms with Gasteiger partial charge in [0.1, 0.15) is 0 Å². The zero-order chi connectivity index (χ0) is 14.5. The lowest BCUT2D eigenvalue weighted by Gasteiger charge is -2.22. The molecule has 0 saturated heterocycles. The number of aliphatic hydroxyl groups excluding tert-OH is 1. The lowest BCUT2D eigenvalue weighted by molar-refractivity contribution is 0.253. The fourth-order valence-corrected chi connectivity index (χ4v) is 2.10. The molecule has 0 aromatic rings. The van der Waals surface area contributed by atoms with E-state index in [-0.39, 0.29) is 30.6 Å². The summed E-state index contributed by atoms with van der Waals surface area (Å²) in [4.78, 5) is 6.93. The van der Waals surface area contributed by atoms with Crippen LogP contribution in [0.25, 0.3) is 0 Å². The van der Waals surface area contributed by atoms with Crippen LogP contribution in [-0.4, -0.2) is 49.3 Å². The molecule has 5 heteroatoms. The summed E-state index contributed by atoms with van der Waals surface area (Å²) in [6, 6.07) is 0. The molecule has 0 heterocycles. The highest BCUT2D eigenvalue weighted by Gasteiger charge is 2.09. The summed E-state index contributed by atoms with van der Waals surface area (Å²) >= 11 is 0. The molecule has 122 valence electrons. The van der Waals surface area contributed by atoms with E-state index in [0.717, 1.165) is 44.9 Å². The quantitative estimate of drug-likeness (QED) is 0.337. The Morgan fingerprint density at radius 2 is 1.90 bits per heavy atom. The summed E-state index contributed by atoms with van der Waals surface area (Å²) in [6.07, 6.45) is 5.54. The standard InChI is InChI=1S/C15H33N3O.HI/c1-5-8-11-18(4)15(16-7-3)17-13-14(9-6-2)10-12-19;/h14,19H,5-13H2,1-4H3,(H,16,17);1H. The number of nitrogens with one attached hydrogen (secondary N) is 1. The van der Waals surface area contributed by atoms with Gasteiger partial charge in [0.05, 0.1) is 0 Å². The second-order valence-electron chi connectivity index (χ2n) is 5.14. The molecule has 0 bridgehead atoms. The molecule has 0 aromatic heterocycles. The van der Waals surface area contributed by atoms with Gasteiger partial charge in [-0.1, -0.05) is 26.7 Å². The molecule has 0 aliphatic rings. The van der Waals surface area contributed by atoms with E-state index in [0.29, 0.717) is 5.92 Å². The number of hydrogen-bond acceptors (Lipinski definition) is 2. The van der Waals surface area contributed by atoms with Crippen LogP contribution in [0.1, 0.15) is 52.9 Å². The molecule has 0 radical (unpaired) electrons. The van der Waals surface area contributed by atoms with Crippen molar-refractivity contribution in [2.24, 2.45) is 10.9 Å². The first kappa shape index (κ1) is 22.2. The molecule has 0 aliphatic carbocycles. The number of guanidine groups is 1. The van der Waals surface area contributed by atoms with Crippen molar-refractivity contribution in [1.29, 1.82) is 0 Å². The number of aliphatic hydroxyl groups is 1. The van der Waals surface area contributed by atoms with E-state index in [2.05, 4.69) is 38.0 Å². The highest BCUT2D eigenvalue weighted by atomic mass is 127. The Balaban J connectivity index is 0. The molecule has 1 atom stereocenters. The molecule has 0 amide bonds. The van der Waals surface area contributed by atoms with Crippen molar-refractivity contribution in [3.8, 4) is 0 Å². The van der Waals surface area contributed by atoms with E-state index in [9.17, 15) is 0 Å². The van der Waals surface area contributed by atoms with Crippen molar-refractivity contribution in [2.75, 3.05) is 33.3 Å². The van der Waals surface area contributed by atoms with Gasteiger partial charge in [-0.3, -0.25) is 4.99 Å². The van der Waals surface area contributed by atoms with Gasteiger partial charge in [0.15, 0.2) is 5.96 Å². The average molecular weight is 399 g/mol. The monoisotopic (exact) mass is 399 g/mol. The molecular formula is C15H34IN3O. The smallest absolute Gasteiger partial charge is 0.193 e. The Kier molecular flexibility index (Phi) is 17.1. The van der Waals surface area contributed by atoms with Crippen LogP contribution in [-0.2, 0) is 0 Å². The summed E-state index contributed by atoms with van der Waals surface area (Å²) < 4.78 is 0. The molecule has 20 heavy (non-hydrogen) atoms. The SMILES string of the molecule is CCCCN(C)C(=NCC(CCC)CCO)NCC.I. The van der Waals surface area contributed by atoms with Crippen LogP contribution < -0.4 is 5.32 Å². The van der Waals surface area contributed by atoms with Crippen molar-refractivity contribution in [1.82, 2.24) is 10.2 Å². The van der Waals surface area contributed by atoms with E-state index in [4.69, 9.17) is 10.1 Å². The summed E-state index contributed by atoms with van der Waals surface area (Å²) in [7, 11) is 2.10. The number of rotatable bonds is 10. The Labute approximate surface area is 142 Å². The van der Waals surface area contributed by atoms with Gasteiger partial charge in [-0.15, -0.1) is 24.0 Å². The van der Waals surface area contributed by atoms with E-state index in [1.54, 1.807) is 0 Å². The molecule has 2 N–H and O–H groups in total. The lowest BCUT2D eigenvalue weighted by Crippen LogP contribution is -2.39. The number of halogens is 1. The summed E-state index contributed by atoms with van der Waals surface area (Å²) in [5.74, 6) is 1.50. The molecule has 0 aliphatic heterocycles. The number of unbranched alkanes of at least 4 members (excludes halogenated alkanes) is 1. The lowest BCUT2D eigenvalue weighted by atomic mass is 10.0. The second kappa shape index (κ2) is 15.4. The van der Waals surface area contributed by atoms with Gasteiger partial charge >= 0.3 is 0 Å². The first-order valence-electron chi connectivity index (χ1n) is 7.79. The molecule has 0 spiro atoms. The van der Waals surface area contributed by atoms with Crippen LogP contribution in [0.15, 0.2) is 4.99 Å². The zero-order valence-corrected chi connectivity index (χ0v) is 16.0. The minimum atomic E-state index is 0. The van der Waals surface area contributed by atoms with Gasteiger partial charge in [0, 0.05) is 33.3 Å². The maximum Gasteiger partial charge on any atom is 0.193 e. The normalized spacial score (nSPS) is 12.8. The fourth-order valence-electron chi connectivity index (χ4n) is 2.10. The van der Waals surface area contributed by atoms with Crippen LogP contribution in [0, 0.1) is 5.92 Å². The summed E-state index contributed by atoms with van der Waals surface area (Å²) in [5, 5.41) is 12.4. The first-order chi connectivity index (χ1) is 9.19. The van der Waals surface area contributed by atoms with E-state index < -0.39 is 0 Å². The van der Waals surface area contributed by atoms with Crippen LogP contribution in [0.4, 0.5) is 0 Å². The zero-order valence-electron chi connectivity index (χ0n) is 13.7. The molecule has 0 aromatic carbocycles. The highest BCUT2D eigenvalue weighted by molar-refractivity contribution is 14.0. The van der Waals surface area contributed by atoms with Gasteiger partial charge in [-0.05, 0) is 32.1 Å². The molecule has 0 fully saturated rings. The third-order valence-electron chi connectivity index (χ3n) is 3.28. The topological polar surface area (TPSA) is 47.9 Å². The van der Waals surface area contributed by atoms with Crippen molar-refractivity contribution < 1.29 is 5.11 Å². The van der Waals surface area contributed by atoms with Crippen LogP contribution >= 0.6 is 24.0 Å². The summed E-state index contributed by atoms with van der Waals surface area (Å²) in [6.45, 7) is 9.51. The maximum absolute atomic E-state index is 9.08. The molecule has 0 saturated carbocycles. The second-order valence-corrected chi connectivity index (χ2v) is 5.14. The number of nitrogens with zero attached hydrogens (tertiary/aromatic N) is 2. The van der Waals surface area contributed by atoms with Crippen LogP contribution in [0.5, 0.6) is 0 Å². The van der Waals surface area contributed by atoms with Crippen molar-refractivity contribution in [2.45, 2.75) is 52.9 Å². The van der Waals surface area contributed by atoms with Crippen molar-refractivity contribution in [3.05, 3.63) is 0 Å². The Bertz CT molecular complexity index is 231. The van der Waals surface area contributed by atoms with E-state index in [1.165, 1.54) is 12.8 Å². The Morgan fingerprint density at radius 3 is 2.40 bits per heavy atom. The third-order valence-corrected chi connectivity index (χ3v) is 3.28. The first-order valence-corrected chi connectivity index (χ1v) is 7.79. The third kappa shape index (κ3) is 10.7. The highest BCUT2D eigenvalue weighted by Crippen LogP contribution is 2.11. The Morgan fingerprint density at radius 1 is 1.20 bits per heavy atom. The van der Waals surface area contributed by atoms with Crippen LogP contribution in [0.3, 0.4) is 0 Å². The Hall–Kier alpha value is -0.0400. The largest absolute Gasteiger partial charge is 0.396 e. The maximum atomic E-state index is 9.08. The minimum Gasteiger partial charge on any atom is -0.396 e. The number of hydrogen-bond donors (Lipinski definition) is 2. The van der Waals surface area contributed by atoms with Crippen LogP contribution in [0.2, 0.25) is 0 Å². The predicted molar refractivity (Wildman–Crippen MR) is 99.0 cm³/mol. The van der Waals surface area contributed by atoms with Gasteiger partial charge in [0.2, 0.25) is 0 Å². The van der Waals surface area contributed by atoms with Gasteiger partial charge < -0.3 is 15.3 Å². The van der Waals surface area contributed by atoms with Gasteiger partial charge in [0.25, 0.3) is 0 Å². The van der Waals surface area contributed by atoms with Gasteiger partial charge in [-0.25, -0.2) is 0 Å². The molecule has 0 rings (SSSR count). The fraction of sp³-hybridized carbons (Fsp3) is 0.933. The average Bonchev–Trinajstić information content (AvgIpc) is 2.41. The van der Waals surface area contributed by atoms with E-state index in [1.807, 2.05) is 0 Å². The van der Waals surface area contributed by atoms with E-state index >= 15 is 0 Å². The summed E-state index contributed by atoms with van der Waals surface area (Å²) in [5.41, 5.74) is 0. The van der Waals surface area contributed by atoms with Crippen molar-refractivity contribution >= 4 is 29.9 Å².